The lowest BCUT2D eigenvalue weighted by atomic mass is 9.62. The van der Waals surface area contributed by atoms with E-state index < -0.39 is 0 Å². The highest BCUT2D eigenvalue weighted by Crippen LogP contribution is 2.47. The van der Waals surface area contributed by atoms with Gasteiger partial charge in [0.25, 0.3) is 0 Å². The van der Waals surface area contributed by atoms with Crippen LogP contribution in [0.2, 0.25) is 0 Å². The molecule has 1 saturated heterocycles. The second kappa shape index (κ2) is 3.64. The molecule has 1 fully saturated rings. The van der Waals surface area contributed by atoms with Crippen LogP contribution in [0.4, 0.5) is 0 Å². The Balaban J connectivity index is 2.44. The molecule has 15 heavy (non-hydrogen) atoms. The highest BCUT2D eigenvalue weighted by Gasteiger charge is 2.46. The van der Waals surface area contributed by atoms with Crippen LogP contribution in [0, 0.1) is 5.41 Å². The summed E-state index contributed by atoms with van der Waals surface area (Å²) in [5, 5.41) is 0. The molecule has 0 aromatic heterocycles. The van der Waals surface area contributed by atoms with Crippen molar-refractivity contribution < 1.29 is 4.74 Å². The lowest BCUT2D eigenvalue weighted by molar-refractivity contribution is 0.124. The molecule has 1 aromatic rings. The maximum absolute atomic E-state index is 5.64. The summed E-state index contributed by atoms with van der Waals surface area (Å²) in [6, 6.07) is 10.8. The lowest BCUT2D eigenvalue weighted by Crippen LogP contribution is -2.40. The summed E-state index contributed by atoms with van der Waals surface area (Å²) >= 11 is 0. The van der Waals surface area contributed by atoms with Gasteiger partial charge in [-0.25, -0.2) is 0 Å². The molecule has 0 saturated carbocycles. The Kier molecular flexibility index (Phi) is 2.59. The van der Waals surface area contributed by atoms with Crippen LogP contribution in [0.5, 0.6) is 0 Å². The molecule has 82 valence electrons. The quantitative estimate of drug-likeness (QED) is 0.681. The minimum atomic E-state index is 0.203. The third kappa shape index (κ3) is 1.69. The highest BCUT2D eigenvalue weighted by atomic mass is 16.5. The van der Waals surface area contributed by atoms with Gasteiger partial charge >= 0.3 is 0 Å². The third-order valence-electron chi connectivity index (χ3n) is 3.78. The first-order valence-corrected chi connectivity index (χ1v) is 5.70. The number of rotatable bonds is 1. The van der Waals surface area contributed by atoms with E-state index in [2.05, 4.69) is 51.1 Å². The maximum Gasteiger partial charge on any atom is 0.0568 e. The summed E-state index contributed by atoms with van der Waals surface area (Å²) in [5.41, 5.74) is 1.88. The van der Waals surface area contributed by atoms with E-state index in [1.165, 1.54) is 5.56 Å². The van der Waals surface area contributed by atoms with Crippen LogP contribution in [0.3, 0.4) is 0 Å². The zero-order valence-corrected chi connectivity index (χ0v) is 9.92. The SMILES string of the molecule is CC(C)(C)C1(c2ccccc2)CCOC1. The van der Waals surface area contributed by atoms with Crippen molar-refractivity contribution in [2.75, 3.05) is 13.2 Å². The molecule has 1 heterocycles. The Bertz CT molecular complexity index is 315. The number of ether oxygens (including phenoxy) is 1. The van der Waals surface area contributed by atoms with Crippen LogP contribution in [-0.2, 0) is 10.2 Å². The summed E-state index contributed by atoms with van der Waals surface area (Å²) in [5.74, 6) is 0. The molecule has 1 aromatic carbocycles. The molecule has 1 aliphatic heterocycles. The molecule has 2 rings (SSSR count). The Labute approximate surface area is 92.5 Å². The van der Waals surface area contributed by atoms with Gasteiger partial charge in [-0.1, -0.05) is 51.1 Å². The number of hydrogen-bond donors (Lipinski definition) is 0. The van der Waals surface area contributed by atoms with E-state index in [1.54, 1.807) is 0 Å². The van der Waals surface area contributed by atoms with E-state index in [0.717, 1.165) is 19.6 Å². The molecule has 0 bridgehead atoms. The molecule has 0 N–H and O–H groups in total. The molecular weight excluding hydrogens is 184 g/mol. The molecule has 0 amide bonds. The second-order valence-electron chi connectivity index (χ2n) is 5.50. The van der Waals surface area contributed by atoms with Crippen LogP contribution in [0.1, 0.15) is 32.8 Å². The molecular formula is C14H20O. The Morgan fingerprint density at radius 1 is 1.13 bits per heavy atom. The fraction of sp³-hybridized carbons (Fsp3) is 0.571. The Hall–Kier alpha value is -0.820. The van der Waals surface area contributed by atoms with Gasteiger partial charge in [0.1, 0.15) is 0 Å². The van der Waals surface area contributed by atoms with Gasteiger partial charge in [0, 0.05) is 12.0 Å². The van der Waals surface area contributed by atoms with Gasteiger partial charge in [0.15, 0.2) is 0 Å². The molecule has 1 nitrogen and oxygen atoms in total. The van der Waals surface area contributed by atoms with Gasteiger partial charge in [0.2, 0.25) is 0 Å². The average molecular weight is 204 g/mol. The molecule has 1 atom stereocenters. The Morgan fingerprint density at radius 3 is 2.27 bits per heavy atom. The van der Waals surface area contributed by atoms with Gasteiger partial charge in [-0.15, -0.1) is 0 Å². The van der Waals surface area contributed by atoms with Gasteiger partial charge in [0.05, 0.1) is 6.61 Å². The molecule has 1 unspecified atom stereocenters. The maximum atomic E-state index is 5.64. The van der Waals surface area contributed by atoms with E-state index in [4.69, 9.17) is 4.74 Å². The second-order valence-corrected chi connectivity index (χ2v) is 5.50. The van der Waals surface area contributed by atoms with E-state index >= 15 is 0 Å². The third-order valence-corrected chi connectivity index (χ3v) is 3.78. The van der Waals surface area contributed by atoms with Crippen LogP contribution in [0.25, 0.3) is 0 Å². The van der Waals surface area contributed by atoms with Crippen molar-refractivity contribution in [2.24, 2.45) is 5.41 Å². The van der Waals surface area contributed by atoms with Crippen molar-refractivity contribution in [2.45, 2.75) is 32.6 Å². The number of benzene rings is 1. The first kappa shape index (κ1) is 10.7. The van der Waals surface area contributed by atoms with E-state index in [-0.39, 0.29) is 10.8 Å². The number of hydrogen-bond acceptors (Lipinski definition) is 1. The van der Waals surface area contributed by atoms with Crippen LogP contribution >= 0.6 is 0 Å². The molecule has 1 heteroatoms. The first-order chi connectivity index (χ1) is 7.06. The molecule has 0 aliphatic carbocycles. The normalized spacial score (nSPS) is 26.9. The molecule has 1 aliphatic rings. The summed E-state index contributed by atoms with van der Waals surface area (Å²) in [4.78, 5) is 0. The first-order valence-electron chi connectivity index (χ1n) is 5.70. The fourth-order valence-electron chi connectivity index (χ4n) is 2.57. The topological polar surface area (TPSA) is 9.23 Å². The lowest BCUT2D eigenvalue weighted by Gasteiger charge is -2.41. The molecule has 0 radical (unpaired) electrons. The van der Waals surface area contributed by atoms with Gasteiger partial charge < -0.3 is 4.74 Å². The van der Waals surface area contributed by atoms with Gasteiger partial charge in [-0.05, 0) is 17.4 Å². The Morgan fingerprint density at radius 2 is 1.80 bits per heavy atom. The minimum Gasteiger partial charge on any atom is -0.380 e. The predicted molar refractivity (Wildman–Crippen MR) is 63.0 cm³/mol. The fourth-order valence-corrected chi connectivity index (χ4v) is 2.57. The van der Waals surface area contributed by atoms with Gasteiger partial charge in [-0.2, -0.15) is 0 Å². The monoisotopic (exact) mass is 204 g/mol. The van der Waals surface area contributed by atoms with E-state index in [1.807, 2.05) is 0 Å². The van der Waals surface area contributed by atoms with E-state index in [0.29, 0.717) is 0 Å². The van der Waals surface area contributed by atoms with E-state index in [9.17, 15) is 0 Å². The van der Waals surface area contributed by atoms with Gasteiger partial charge in [-0.3, -0.25) is 0 Å². The van der Waals surface area contributed by atoms with Crippen LogP contribution < -0.4 is 0 Å². The highest BCUT2D eigenvalue weighted by molar-refractivity contribution is 5.29. The van der Waals surface area contributed by atoms with Crippen LogP contribution in [0.15, 0.2) is 30.3 Å². The van der Waals surface area contributed by atoms with Crippen molar-refractivity contribution >= 4 is 0 Å². The van der Waals surface area contributed by atoms with Crippen molar-refractivity contribution in [3.63, 3.8) is 0 Å². The molecule has 0 spiro atoms. The largest absolute Gasteiger partial charge is 0.380 e. The standard InChI is InChI=1S/C14H20O/c1-13(2,3)14(9-10-15-11-14)12-7-5-4-6-8-12/h4-8H,9-11H2,1-3H3. The van der Waals surface area contributed by atoms with Crippen molar-refractivity contribution in [3.05, 3.63) is 35.9 Å². The predicted octanol–water partition coefficient (Wildman–Crippen LogP) is 3.39. The zero-order valence-electron chi connectivity index (χ0n) is 9.92. The van der Waals surface area contributed by atoms with Crippen molar-refractivity contribution in [1.82, 2.24) is 0 Å². The summed E-state index contributed by atoms with van der Waals surface area (Å²) in [7, 11) is 0. The zero-order chi connectivity index (χ0) is 10.9. The van der Waals surface area contributed by atoms with Crippen LogP contribution in [-0.4, -0.2) is 13.2 Å². The summed E-state index contributed by atoms with van der Waals surface area (Å²) < 4.78 is 5.64. The average Bonchev–Trinajstić information content (AvgIpc) is 2.68. The minimum absolute atomic E-state index is 0.203. The smallest absolute Gasteiger partial charge is 0.0568 e. The van der Waals surface area contributed by atoms with Crippen molar-refractivity contribution in [1.29, 1.82) is 0 Å². The summed E-state index contributed by atoms with van der Waals surface area (Å²) in [6.45, 7) is 8.70. The summed E-state index contributed by atoms with van der Waals surface area (Å²) in [6.07, 6.45) is 1.14. The van der Waals surface area contributed by atoms with Crippen molar-refractivity contribution in [3.8, 4) is 0 Å².